The van der Waals surface area contributed by atoms with Gasteiger partial charge in [0.25, 0.3) is 5.91 Å². The number of rotatable bonds is 5. The van der Waals surface area contributed by atoms with Crippen LogP contribution in [0.2, 0.25) is 0 Å². The third kappa shape index (κ3) is 4.84. The Labute approximate surface area is 204 Å². The first-order valence-corrected chi connectivity index (χ1v) is 12.9. The summed E-state index contributed by atoms with van der Waals surface area (Å²) in [6.45, 7) is 4.32. The van der Waals surface area contributed by atoms with Crippen molar-refractivity contribution in [2.24, 2.45) is 0 Å². The van der Waals surface area contributed by atoms with Gasteiger partial charge in [0.15, 0.2) is 0 Å². The number of ether oxygens (including phenoxy) is 1. The van der Waals surface area contributed by atoms with E-state index in [1.54, 1.807) is 12.1 Å². The topological polar surface area (TPSA) is 104 Å². The van der Waals surface area contributed by atoms with Crippen LogP contribution in [0.15, 0.2) is 77.7 Å². The molecule has 2 atom stereocenters. The number of nitrogens with one attached hydrogen (secondary N) is 2. The molecule has 180 valence electrons. The number of H-pyrrole nitrogens is 1. The standard InChI is InChI=1S/C26H26N4O4S/c1-17-15-30(16-18(2)34-17)35(32,33)22-13-9-20(10-14-22)26(31)27-21-11-7-19(8-12-21)25-28-23-5-3-4-6-24(23)29-25/h3-14,17-18H,15-16H2,1-2H3,(H,27,31)(H,28,29)/t17-,18+. The van der Waals surface area contributed by atoms with Gasteiger partial charge in [0.1, 0.15) is 5.82 Å². The van der Waals surface area contributed by atoms with Gasteiger partial charge in [0.05, 0.1) is 28.1 Å². The van der Waals surface area contributed by atoms with Gasteiger partial charge in [0, 0.05) is 29.9 Å². The number of amides is 1. The lowest BCUT2D eigenvalue weighted by molar-refractivity contribution is -0.0440. The highest BCUT2D eigenvalue weighted by molar-refractivity contribution is 7.89. The van der Waals surface area contributed by atoms with Crippen molar-refractivity contribution in [3.05, 3.63) is 78.4 Å². The third-order valence-corrected chi connectivity index (χ3v) is 7.79. The zero-order chi connectivity index (χ0) is 24.6. The maximum absolute atomic E-state index is 13.0. The number of sulfonamides is 1. The maximum atomic E-state index is 13.0. The predicted octanol–water partition coefficient (Wildman–Crippen LogP) is 4.28. The average Bonchev–Trinajstić information content (AvgIpc) is 3.28. The van der Waals surface area contributed by atoms with Crippen molar-refractivity contribution in [2.45, 2.75) is 31.0 Å². The van der Waals surface area contributed by atoms with Crippen molar-refractivity contribution in [3.63, 3.8) is 0 Å². The van der Waals surface area contributed by atoms with Gasteiger partial charge in [-0.15, -0.1) is 0 Å². The summed E-state index contributed by atoms with van der Waals surface area (Å²) in [5.74, 6) is 0.434. The summed E-state index contributed by atoms with van der Waals surface area (Å²) in [7, 11) is -3.66. The molecule has 1 fully saturated rings. The molecule has 1 aliphatic heterocycles. The fourth-order valence-electron chi connectivity index (χ4n) is 4.26. The van der Waals surface area contributed by atoms with E-state index < -0.39 is 10.0 Å². The summed E-state index contributed by atoms with van der Waals surface area (Å²) < 4.78 is 33.1. The fraction of sp³-hybridized carbons (Fsp3) is 0.231. The second kappa shape index (κ2) is 9.26. The molecule has 9 heteroatoms. The smallest absolute Gasteiger partial charge is 0.255 e. The number of fused-ring (bicyclic) bond motifs is 1. The molecule has 3 aromatic carbocycles. The molecule has 2 N–H and O–H groups in total. The van der Waals surface area contributed by atoms with Crippen LogP contribution in [0, 0.1) is 0 Å². The number of aromatic amines is 1. The first-order valence-electron chi connectivity index (χ1n) is 11.4. The molecule has 35 heavy (non-hydrogen) atoms. The van der Waals surface area contributed by atoms with Crippen molar-refractivity contribution in [1.82, 2.24) is 14.3 Å². The molecule has 0 spiro atoms. The quantitative estimate of drug-likeness (QED) is 0.435. The van der Waals surface area contributed by atoms with Crippen molar-refractivity contribution in [2.75, 3.05) is 18.4 Å². The summed E-state index contributed by atoms with van der Waals surface area (Å²) in [5, 5.41) is 2.85. The number of para-hydroxylation sites is 2. The molecule has 0 aliphatic carbocycles. The molecule has 1 aromatic heterocycles. The zero-order valence-electron chi connectivity index (χ0n) is 19.4. The first kappa shape index (κ1) is 23.2. The van der Waals surface area contributed by atoms with E-state index in [1.807, 2.05) is 50.2 Å². The van der Waals surface area contributed by atoms with E-state index in [0.29, 0.717) is 24.3 Å². The van der Waals surface area contributed by atoms with Crippen LogP contribution in [0.5, 0.6) is 0 Å². The van der Waals surface area contributed by atoms with Gasteiger partial charge in [-0.05, 0) is 74.5 Å². The Morgan fingerprint density at radius 1 is 0.971 bits per heavy atom. The minimum atomic E-state index is -3.66. The van der Waals surface area contributed by atoms with E-state index in [2.05, 4.69) is 15.3 Å². The highest BCUT2D eigenvalue weighted by Crippen LogP contribution is 2.24. The first-order chi connectivity index (χ1) is 16.8. The number of anilines is 1. The number of hydrogen-bond acceptors (Lipinski definition) is 5. The molecule has 0 bridgehead atoms. The van der Waals surface area contributed by atoms with E-state index in [4.69, 9.17) is 4.74 Å². The molecule has 0 radical (unpaired) electrons. The van der Waals surface area contributed by atoms with Crippen LogP contribution < -0.4 is 5.32 Å². The summed E-state index contributed by atoms with van der Waals surface area (Å²) in [6.07, 6.45) is -0.339. The molecule has 1 saturated heterocycles. The summed E-state index contributed by atoms with van der Waals surface area (Å²) >= 11 is 0. The molecule has 5 rings (SSSR count). The van der Waals surface area contributed by atoms with Gasteiger partial charge in [-0.2, -0.15) is 4.31 Å². The van der Waals surface area contributed by atoms with Crippen molar-refractivity contribution in [1.29, 1.82) is 0 Å². The van der Waals surface area contributed by atoms with E-state index in [1.165, 1.54) is 28.6 Å². The minimum Gasteiger partial charge on any atom is -0.373 e. The zero-order valence-corrected chi connectivity index (χ0v) is 20.2. The second-order valence-corrected chi connectivity index (χ2v) is 10.7. The van der Waals surface area contributed by atoms with E-state index >= 15 is 0 Å². The van der Waals surface area contributed by atoms with Crippen LogP contribution >= 0.6 is 0 Å². The number of morpholine rings is 1. The van der Waals surface area contributed by atoms with E-state index in [-0.39, 0.29) is 23.0 Å². The number of imidazole rings is 1. The molecular weight excluding hydrogens is 464 g/mol. The molecule has 2 heterocycles. The Morgan fingerprint density at radius 3 is 2.29 bits per heavy atom. The van der Waals surface area contributed by atoms with Crippen LogP contribution in [0.4, 0.5) is 5.69 Å². The van der Waals surface area contributed by atoms with Crippen LogP contribution in [-0.2, 0) is 14.8 Å². The molecule has 1 amide bonds. The number of benzene rings is 3. The monoisotopic (exact) mass is 490 g/mol. The highest BCUT2D eigenvalue weighted by Gasteiger charge is 2.32. The molecule has 0 unspecified atom stereocenters. The number of nitrogens with zero attached hydrogens (tertiary/aromatic N) is 2. The summed E-state index contributed by atoms with van der Waals surface area (Å²) in [6, 6.07) is 21.2. The Bertz CT molecular complexity index is 1420. The van der Waals surface area contributed by atoms with Gasteiger partial charge in [-0.3, -0.25) is 4.79 Å². The van der Waals surface area contributed by atoms with Crippen LogP contribution in [-0.4, -0.2) is 53.9 Å². The summed E-state index contributed by atoms with van der Waals surface area (Å²) in [5.41, 5.74) is 3.75. The lowest BCUT2D eigenvalue weighted by Crippen LogP contribution is -2.48. The average molecular weight is 491 g/mol. The maximum Gasteiger partial charge on any atom is 0.255 e. The molecular formula is C26H26N4O4S. The SMILES string of the molecule is C[C@@H]1CN(S(=O)(=O)c2ccc(C(=O)Nc3ccc(-c4nc5ccccc5[nH]4)cc3)cc2)C[C@H](C)O1. The largest absolute Gasteiger partial charge is 0.373 e. The lowest BCUT2D eigenvalue weighted by Gasteiger charge is -2.34. The Kier molecular flexibility index (Phi) is 6.14. The molecule has 1 aliphatic rings. The second-order valence-electron chi connectivity index (χ2n) is 8.74. The number of carbonyl (C=O) groups excluding carboxylic acids is 1. The van der Waals surface area contributed by atoms with Crippen LogP contribution in [0.1, 0.15) is 24.2 Å². The van der Waals surface area contributed by atoms with Crippen molar-refractivity contribution in [3.8, 4) is 11.4 Å². The van der Waals surface area contributed by atoms with Crippen LogP contribution in [0.3, 0.4) is 0 Å². The normalized spacial score (nSPS) is 19.0. The molecule has 0 saturated carbocycles. The Balaban J connectivity index is 1.27. The number of carbonyl (C=O) groups is 1. The van der Waals surface area contributed by atoms with Gasteiger partial charge in [-0.1, -0.05) is 12.1 Å². The van der Waals surface area contributed by atoms with Crippen molar-refractivity contribution >= 4 is 32.7 Å². The predicted molar refractivity (Wildman–Crippen MR) is 135 cm³/mol. The van der Waals surface area contributed by atoms with E-state index in [0.717, 1.165) is 22.4 Å². The third-order valence-electron chi connectivity index (χ3n) is 5.95. The highest BCUT2D eigenvalue weighted by atomic mass is 32.2. The molecule has 8 nitrogen and oxygen atoms in total. The van der Waals surface area contributed by atoms with Gasteiger partial charge in [0.2, 0.25) is 10.0 Å². The lowest BCUT2D eigenvalue weighted by atomic mass is 10.1. The van der Waals surface area contributed by atoms with E-state index in [9.17, 15) is 13.2 Å². The Hall–Kier alpha value is -3.53. The molecule has 4 aromatic rings. The minimum absolute atomic E-state index is 0.158. The summed E-state index contributed by atoms with van der Waals surface area (Å²) in [4.78, 5) is 20.8. The van der Waals surface area contributed by atoms with Gasteiger partial charge in [-0.25, -0.2) is 13.4 Å². The number of aromatic nitrogens is 2. The number of hydrogen-bond donors (Lipinski definition) is 2. The fourth-order valence-corrected chi connectivity index (χ4v) is 5.85. The van der Waals surface area contributed by atoms with Gasteiger partial charge >= 0.3 is 0 Å². The van der Waals surface area contributed by atoms with Crippen molar-refractivity contribution < 1.29 is 17.9 Å². The van der Waals surface area contributed by atoms with Crippen LogP contribution in [0.25, 0.3) is 22.4 Å². The van der Waals surface area contributed by atoms with Gasteiger partial charge < -0.3 is 15.0 Å². The Morgan fingerprint density at radius 2 is 1.63 bits per heavy atom.